The van der Waals surface area contributed by atoms with Gasteiger partial charge in [-0.25, -0.2) is 4.79 Å². The molecule has 0 saturated heterocycles. The molecule has 0 bridgehead atoms. The molecule has 5 heteroatoms. The van der Waals surface area contributed by atoms with Crippen LogP contribution in [-0.2, 0) is 14.3 Å². The van der Waals surface area contributed by atoms with Gasteiger partial charge in [0, 0.05) is 6.08 Å². The van der Waals surface area contributed by atoms with Crippen LogP contribution in [0.25, 0.3) is 0 Å². The van der Waals surface area contributed by atoms with Crippen LogP contribution in [0.3, 0.4) is 0 Å². The Labute approximate surface area is 88.9 Å². The van der Waals surface area contributed by atoms with Gasteiger partial charge in [0.15, 0.2) is 0 Å². The van der Waals surface area contributed by atoms with E-state index < -0.39 is 18.0 Å². The molecule has 0 aromatic heterocycles. The Balaban J connectivity index is 3.88. The normalized spacial score (nSPS) is 14.9. The molecular weight excluding hydrogens is 198 g/mol. The first-order valence-electron chi connectivity index (χ1n) is 4.80. The van der Waals surface area contributed by atoms with Gasteiger partial charge < -0.3 is 15.6 Å². The third-order valence-electron chi connectivity index (χ3n) is 2.11. The predicted octanol–water partition coefficient (Wildman–Crippen LogP) is 0.544. The van der Waals surface area contributed by atoms with E-state index in [9.17, 15) is 9.59 Å². The van der Waals surface area contributed by atoms with Crippen LogP contribution in [0.15, 0.2) is 12.2 Å². The summed E-state index contributed by atoms with van der Waals surface area (Å²) in [5.74, 6) is -1.52. The van der Waals surface area contributed by atoms with Crippen molar-refractivity contribution in [2.75, 3.05) is 6.61 Å². The number of hydrogen-bond acceptors (Lipinski definition) is 4. The lowest BCUT2D eigenvalue weighted by atomic mass is 10.0. The smallest absolute Gasteiger partial charge is 0.328 e. The Morgan fingerprint density at radius 3 is 2.60 bits per heavy atom. The van der Waals surface area contributed by atoms with Crippen LogP contribution in [0.4, 0.5) is 0 Å². The number of hydrogen-bond donors (Lipinski definition) is 2. The highest BCUT2D eigenvalue weighted by atomic mass is 16.5. The molecule has 0 aromatic carbocycles. The number of carbonyl (C=O) groups excluding carboxylic acids is 1. The Morgan fingerprint density at radius 1 is 1.53 bits per heavy atom. The molecule has 0 fully saturated rings. The number of aliphatic carboxylic acids is 1. The van der Waals surface area contributed by atoms with Gasteiger partial charge in [-0.1, -0.05) is 20.3 Å². The highest BCUT2D eigenvalue weighted by Gasteiger charge is 2.20. The zero-order valence-corrected chi connectivity index (χ0v) is 8.97. The molecule has 0 aliphatic heterocycles. The van der Waals surface area contributed by atoms with Gasteiger partial charge in [-0.2, -0.15) is 0 Å². The van der Waals surface area contributed by atoms with Crippen LogP contribution in [0.5, 0.6) is 0 Å². The van der Waals surface area contributed by atoms with Crippen molar-refractivity contribution in [2.45, 2.75) is 26.3 Å². The summed E-state index contributed by atoms with van der Waals surface area (Å²) >= 11 is 0. The molecule has 15 heavy (non-hydrogen) atoms. The van der Waals surface area contributed by atoms with Crippen LogP contribution in [0, 0.1) is 5.92 Å². The van der Waals surface area contributed by atoms with Crippen molar-refractivity contribution < 1.29 is 19.4 Å². The number of carboxylic acids is 1. The van der Waals surface area contributed by atoms with Crippen LogP contribution in [0.1, 0.15) is 20.3 Å². The Bertz CT molecular complexity index is 250. The first-order valence-corrected chi connectivity index (χ1v) is 4.80. The van der Waals surface area contributed by atoms with E-state index in [1.165, 1.54) is 6.08 Å². The van der Waals surface area contributed by atoms with Crippen molar-refractivity contribution in [1.82, 2.24) is 0 Å². The first-order chi connectivity index (χ1) is 6.99. The summed E-state index contributed by atoms with van der Waals surface area (Å²) in [5, 5.41) is 8.26. The monoisotopic (exact) mass is 215 g/mol. The second-order valence-corrected chi connectivity index (χ2v) is 3.28. The minimum Gasteiger partial charge on any atom is -0.478 e. The minimum atomic E-state index is -1.07. The number of ether oxygens (including phenoxy) is 1. The van der Waals surface area contributed by atoms with Gasteiger partial charge in [-0.3, -0.25) is 4.79 Å². The number of nitrogens with two attached hydrogens (primary N) is 1. The molecule has 0 radical (unpaired) electrons. The molecule has 3 N–H and O–H groups in total. The van der Waals surface area contributed by atoms with Crippen LogP contribution in [0.2, 0.25) is 0 Å². The van der Waals surface area contributed by atoms with Gasteiger partial charge in [0.1, 0.15) is 12.6 Å². The van der Waals surface area contributed by atoms with E-state index >= 15 is 0 Å². The summed E-state index contributed by atoms with van der Waals surface area (Å²) in [6, 6.07) is -0.645. The molecule has 0 heterocycles. The average molecular weight is 215 g/mol. The van der Waals surface area contributed by atoms with Crippen LogP contribution in [-0.4, -0.2) is 29.7 Å². The van der Waals surface area contributed by atoms with Crippen molar-refractivity contribution in [3.8, 4) is 0 Å². The standard InChI is InChI=1S/C10H17NO4/c1-3-7(2)9(11)10(14)15-6-4-5-8(12)13/h4-5,7,9H,3,6,11H2,1-2H3,(H,12,13). The van der Waals surface area contributed by atoms with Gasteiger partial charge in [-0.15, -0.1) is 0 Å². The van der Waals surface area contributed by atoms with Gasteiger partial charge >= 0.3 is 11.9 Å². The maximum absolute atomic E-state index is 11.3. The van der Waals surface area contributed by atoms with Crippen molar-refractivity contribution in [3.63, 3.8) is 0 Å². The van der Waals surface area contributed by atoms with Crippen LogP contribution >= 0.6 is 0 Å². The summed E-state index contributed by atoms with van der Waals surface area (Å²) in [6.45, 7) is 3.73. The molecular formula is C10H17NO4. The number of rotatable bonds is 6. The molecule has 0 aromatic rings. The Kier molecular flexibility index (Phi) is 6.37. The van der Waals surface area contributed by atoms with Crippen molar-refractivity contribution in [1.29, 1.82) is 0 Å². The minimum absolute atomic E-state index is 0.0564. The van der Waals surface area contributed by atoms with E-state index in [1.807, 2.05) is 13.8 Å². The molecule has 0 spiro atoms. The first kappa shape index (κ1) is 13.6. The maximum Gasteiger partial charge on any atom is 0.328 e. The van der Waals surface area contributed by atoms with E-state index in [0.717, 1.165) is 12.5 Å². The molecule has 5 nitrogen and oxygen atoms in total. The second-order valence-electron chi connectivity index (χ2n) is 3.28. The fraction of sp³-hybridized carbons (Fsp3) is 0.600. The largest absolute Gasteiger partial charge is 0.478 e. The molecule has 0 aliphatic carbocycles. The predicted molar refractivity (Wildman–Crippen MR) is 55.2 cm³/mol. The average Bonchev–Trinajstić information content (AvgIpc) is 2.21. The maximum atomic E-state index is 11.3. The molecule has 86 valence electrons. The molecule has 0 rings (SSSR count). The summed E-state index contributed by atoms with van der Waals surface area (Å²) in [4.78, 5) is 21.3. The summed E-state index contributed by atoms with van der Waals surface area (Å²) in [7, 11) is 0. The Hall–Kier alpha value is -1.36. The van der Waals surface area contributed by atoms with E-state index in [2.05, 4.69) is 0 Å². The summed E-state index contributed by atoms with van der Waals surface area (Å²) in [6.07, 6.45) is 2.97. The lowest BCUT2D eigenvalue weighted by molar-refractivity contribution is -0.145. The Morgan fingerprint density at radius 2 is 2.13 bits per heavy atom. The fourth-order valence-corrected chi connectivity index (χ4v) is 0.862. The molecule has 2 atom stereocenters. The highest BCUT2D eigenvalue weighted by molar-refractivity contribution is 5.80. The third kappa shape index (κ3) is 5.85. The number of carbonyl (C=O) groups is 2. The lowest BCUT2D eigenvalue weighted by Gasteiger charge is -2.15. The van der Waals surface area contributed by atoms with E-state index in [4.69, 9.17) is 15.6 Å². The second kappa shape index (κ2) is 7.00. The highest BCUT2D eigenvalue weighted by Crippen LogP contribution is 2.06. The fourth-order valence-electron chi connectivity index (χ4n) is 0.862. The van der Waals surface area contributed by atoms with E-state index in [1.54, 1.807) is 0 Å². The zero-order chi connectivity index (χ0) is 11.8. The SMILES string of the molecule is CCC(C)C(N)C(=O)OCC=CC(=O)O. The van der Waals surface area contributed by atoms with Crippen molar-refractivity contribution >= 4 is 11.9 Å². The molecule has 0 amide bonds. The molecule has 0 saturated carbocycles. The van der Waals surface area contributed by atoms with Crippen molar-refractivity contribution in [2.24, 2.45) is 11.7 Å². The van der Waals surface area contributed by atoms with Gasteiger partial charge in [-0.05, 0) is 12.0 Å². The van der Waals surface area contributed by atoms with Crippen molar-refractivity contribution in [3.05, 3.63) is 12.2 Å². The van der Waals surface area contributed by atoms with Gasteiger partial charge in [0.25, 0.3) is 0 Å². The lowest BCUT2D eigenvalue weighted by Crippen LogP contribution is -2.38. The van der Waals surface area contributed by atoms with Gasteiger partial charge in [0.05, 0.1) is 0 Å². The van der Waals surface area contributed by atoms with E-state index in [0.29, 0.717) is 0 Å². The third-order valence-corrected chi connectivity index (χ3v) is 2.11. The zero-order valence-electron chi connectivity index (χ0n) is 8.97. The summed E-state index contributed by atoms with van der Waals surface area (Å²) in [5.41, 5.74) is 5.60. The van der Waals surface area contributed by atoms with Crippen LogP contribution < -0.4 is 5.73 Å². The molecule has 2 unspecified atom stereocenters. The van der Waals surface area contributed by atoms with E-state index in [-0.39, 0.29) is 12.5 Å². The summed E-state index contributed by atoms with van der Waals surface area (Å²) < 4.78 is 4.76. The van der Waals surface area contributed by atoms with Gasteiger partial charge in [0.2, 0.25) is 0 Å². The number of carboxylic acid groups (broad SMARTS) is 1. The topological polar surface area (TPSA) is 89.6 Å². The quantitative estimate of drug-likeness (QED) is 0.498. The molecule has 0 aliphatic rings. The number of esters is 1.